The molecule has 24 nitrogen and oxygen atoms in total. The molecule has 7 atom stereocenters. The van der Waals surface area contributed by atoms with E-state index < -0.39 is 84.6 Å². The van der Waals surface area contributed by atoms with Gasteiger partial charge in [0.25, 0.3) is 0 Å². The zero-order chi connectivity index (χ0) is 49.7. The van der Waals surface area contributed by atoms with Crippen molar-refractivity contribution in [2.24, 2.45) is 5.41 Å². The van der Waals surface area contributed by atoms with E-state index in [0.29, 0.717) is 12.2 Å². The highest BCUT2D eigenvalue weighted by Crippen LogP contribution is 2.61. The summed E-state index contributed by atoms with van der Waals surface area (Å²) in [6, 6.07) is 0. The number of fused-ring (bicyclic) bond motifs is 1. The van der Waals surface area contributed by atoms with Gasteiger partial charge >= 0.3 is 23.5 Å². The van der Waals surface area contributed by atoms with Gasteiger partial charge in [0.2, 0.25) is 11.8 Å². The summed E-state index contributed by atoms with van der Waals surface area (Å²) in [5.74, 6) is -1.04. The van der Waals surface area contributed by atoms with Crippen molar-refractivity contribution < 1.29 is 80.5 Å². The lowest BCUT2D eigenvalue weighted by Crippen LogP contribution is -2.46. The zero-order valence-electron chi connectivity index (χ0n) is 37.9. The van der Waals surface area contributed by atoms with Crippen molar-refractivity contribution in [3.05, 3.63) is 37.0 Å². The summed E-state index contributed by atoms with van der Waals surface area (Å²) >= 11 is 1.14. The van der Waals surface area contributed by atoms with Gasteiger partial charge in [0.05, 0.1) is 19.5 Å². The molecule has 67 heavy (non-hydrogen) atoms. The highest BCUT2D eigenvalue weighted by atomic mass is 32.2. The van der Waals surface area contributed by atoms with Crippen LogP contribution in [0.2, 0.25) is 0 Å². The van der Waals surface area contributed by atoms with Crippen LogP contribution in [0.15, 0.2) is 37.0 Å². The Morgan fingerprint density at radius 3 is 2.22 bits per heavy atom. The van der Waals surface area contributed by atoms with Crippen molar-refractivity contribution >= 4 is 69.1 Å². The number of phosphoric ester groups is 3. The van der Waals surface area contributed by atoms with Crippen LogP contribution in [0.3, 0.4) is 0 Å². The minimum atomic E-state index is -5.58. The Balaban J connectivity index is 1.31. The number of amides is 2. The number of imidazole rings is 1. The number of nitrogens with two attached hydrogens (primary N) is 1. The maximum absolute atomic E-state index is 12.7. The molecule has 0 radical (unpaired) electrons. The molecule has 0 aromatic carbocycles. The van der Waals surface area contributed by atoms with Gasteiger partial charge in [0.15, 0.2) is 22.8 Å². The number of unbranched alkanes of at least 4 members (excludes halogenated alkanes) is 9. The van der Waals surface area contributed by atoms with E-state index in [1.807, 2.05) is 0 Å². The molecule has 28 heteroatoms. The highest BCUT2D eigenvalue weighted by molar-refractivity contribution is 8.13. The SMILES string of the molecule is CCCCCC/C=C/C=C\CCCCCCCC(=O)SCCNC(=O)CCNC(=O)[C@H](O)C(C)(C)COP(=O)(O)OP(=O)(O)OC[C@H]1O[C@@H](n2cnc3c(N)ncnc32)[C@H](O)[C@@H]1OP(=O)(O)O. The molecule has 0 saturated carbocycles. The number of hydrogen-bond acceptors (Lipinski definition) is 18. The third-order valence-corrected chi connectivity index (χ3v) is 14.2. The first-order chi connectivity index (χ1) is 31.6. The second-order valence-corrected chi connectivity index (χ2v) is 21.7. The standard InChI is InChI=1S/C39H66N7O17P3S/c1-4-5-6-7-8-9-10-11-12-13-14-15-16-17-18-19-30(48)67-23-22-41-29(47)20-21-42-37(51)34(50)39(2,3)25-60-66(57,58)63-65(55,56)59-24-28-33(62-64(52,53)54)32(49)38(61-28)46-27-45-31-35(40)43-26-44-36(31)46/h9-12,26-28,32-34,38,49-50H,4-8,13-25H2,1-3H3,(H,41,47)(H,42,51)(H,55,56)(H,57,58)(H2,40,43,44)(H2,52,53,54)/b10-9+,12-11-/t28-,32-,33-,34+,38-/m1/s1. The molecule has 3 rings (SSSR count). The average molecular weight is 1030 g/mol. The number of anilines is 1. The van der Waals surface area contributed by atoms with Crippen LogP contribution in [0.1, 0.15) is 110 Å². The van der Waals surface area contributed by atoms with Gasteiger partial charge < -0.3 is 50.9 Å². The number of nitrogen functional groups attached to an aromatic ring is 1. The Kier molecular flexibility index (Phi) is 24.9. The molecule has 1 aliphatic heterocycles. The van der Waals surface area contributed by atoms with Crippen molar-refractivity contribution in [2.75, 3.05) is 37.8 Å². The van der Waals surface area contributed by atoms with Crippen molar-refractivity contribution in [3.8, 4) is 0 Å². The molecular formula is C39H66N7O17P3S. The van der Waals surface area contributed by atoms with Crippen molar-refractivity contribution in [3.63, 3.8) is 0 Å². The second kappa shape index (κ2) is 28.6. The Morgan fingerprint density at radius 2 is 1.55 bits per heavy atom. The minimum absolute atomic E-state index is 0.0322. The Labute approximate surface area is 393 Å². The van der Waals surface area contributed by atoms with Gasteiger partial charge in [-0.2, -0.15) is 4.31 Å². The molecule has 2 unspecified atom stereocenters. The summed E-state index contributed by atoms with van der Waals surface area (Å²) < 4.78 is 62.4. The first kappa shape index (κ1) is 58.4. The summed E-state index contributed by atoms with van der Waals surface area (Å²) in [7, 11) is -16.4. The molecule has 0 aliphatic carbocycles. The summed E-state index contributed by atoms with van der Waals surface area (Å²) in [5.41, 5.74) is 4.28. The normalized spacial score (nSPS) is 20.3. The van der Waals surface area contributed by atoms with Crippen LogP contribution in [-0.2, 0) is 50.7 Å². The molecule has 2 amide bonds. The largest absolute Gasteiger partial charge is 0.481 e. The third-order valence-electron chi connectivity index (χ3n) is 10.1. The van der Waals surface area contributed by atoms with Gasteiger partial charge in [-0.1, -0.05) is 95.4 Å². The molecule has 1 aliphatic rings. The lowest BCUT2D eigenvalue weighted by molar-refractivity contribution is -0.137. The van der Waals surface area contributed by atoms with E-state index in [4.69, 9.17) is 19.5 Å². The summed E-state index contributed by atoms with van der Waals surface area (Å²) in [4.78, 5) is 88.3. The number of thioether (sulfide) groups is 1. The predicted octanol–water partition coefficient (Wildman–Crippen LogP) is 4.48. The lowest BCUT2D eigenvalue weighted by atomic mass is 9.87. The van der Waals surface area contributed by atoms with Crippen LogP contribution in [0, 0.1) is 5.41 Å². The molecule has 0 bridgehead atoms. The lowest BCUT2D eigenvalue weighted by Gasteiger charge is -2.30. The molecule has 10 N–H and O–H groups in total. The topological polar surface area (TPSA) is 364 Å². The van der Waals surface area contributed by atoms with E-state index in [-0.39, 0.29) is 41.6 Å². The molecule has 2 aromatic heterocycles. The monoisotopic (exact) mass is 1030 g/mol. The number of nitrogens with zero attached hydrogens (tertiary/aromatic N) is 4. The highest BCUT2D eigenvalue weighted by Gasteiger charge is 2.50. The summed E-state index contributed by atoms with van der Waals surface area (Å²) in [6.07, 6.45) is 14.6. The molecule has 0 spiro atoms. The molecule has 3 heterocycles. The van der Waals surface area contributed by atoms with E-state index in [1.165, 1.54) is 39.5 Å². The van der Waals surface area contributed by atoms with Crippen LogP contribution in [0.25, 0.3) is 11.2 Å². The number of allylic oxidation sites excluding steroid dienone is 4. The molecule has 1 fully saturated rings. The fourth-order valence-electron chi connectivity index (χ4n) is 6.47. The zero-order valence-corrected chi connectivity index (χ0v) is 41.4. The molecular weight excluding hydrogens is 963 g/mol. The number of aliphatic hydroxyl groups is 2. The van der Waals surface area contributed by atoms with E-state index in [1.54, 1.807) is 0 Å². The van der Waals surface area contributed by atoms with Crippen LogP contribution in [0.4, 0.5) is 5.82 Å². The van der Waals surface area contributed by atoms with Gasteiger partial charge in [-0.25, -0.2) is 28.6 Å². The van der Waals surface area contributed by atoms with Gasteiger partial charge in [0, 0.05) is 37.1 Å². The number of ether oxygens (including phenoxy) is 1. The number of carbonyl (C=O) groups is 3. The molecule has 380 valence electrons. The third kappa shape index (κ3) is 21.7. The number of rotatable bonds is 33. The predicted molar refractivity (Wildman–Crippen MR) is 246 cm³/mol. The smallest absolute Gasteiger partial charge is 0.386 e. The quantitative estimate of drug-likeness (QED) is 0.0270. The van der Waals surface area contributed by atoms with Crippen LogP contribution < -0.4 is 16.4 Å². The summed E-state index contributed by atoms with van der Waals surface area (Å²) in [5, 5.41) is 26.6. The number of hydrogen-bond donors (Lipinski definition) is 9. The average Bonchev–Trinajstić information content (AvgIpc) is 3.81. The van der Waals surface area contributed by atoms with Crippen LogP contribution in [-0.4, -0.2) is 123 Å². The maximum Gasteiger partial charge on any atom is 0.481 e. The van der Waals surface area contributed by atoms with E-state index in [9.17, 15) is 57.9 Å². The minimum Gasteiger partial charge on any atom is -0.386 e. The van der Waals surface area contributed by atoms with E-state index >= 15 is 0 Å². The molecule has 1 saturated heterocycles. The van der Waals surface area contributed by atoms with Gasteiger partial charge in [-0.05, 0) is 32.1 Å². The first-order valence-corrected chi connectivity index (χ1v) is 27.4. The number of aromatic nitrogens is 4. The van der Waals surface area contributed by atoms with Crippen LogP contribution in [0.5, 0.6) is 0 Å². The van der Waals surface area contributed by atoms with Gasteiger partial charge in [-0.3, -0.25) is 32.5 Å². The Morgan fingerprint density at radius 1 is 0.910 bits per heavy atom. The Bertz CT molecular complexity index is 2090. The number of carbonyl (C=O) groups excluding carboxylic acids is 3. The second-order valence-electron chi connectivity index (χ2n) is 16.3. The van der Waals surface area contributed by atoms with Crippen LogP contribution >= 0.6 is 35.2 Å². The van der Waals surface area contributed by atoms with Crippen molar-refractivity contribution in [2.45, 2.75) is 135 Å². The van der Waals surface area contributed by atoms with E-state index in [2.05, 4.69) is 65.6 Å². The Hall–Kier alpha value is -2.96. The number of aliphatic hydroxyl groups excluding tert-OH is 2. The van der Waals surface area contributed by atoms with Gasteiger partial charge in [0.1, 0.15) is 36.3 Å². The van der Waals surface area contributed by atoms with E-state index in [0.717, 1.165) is 73.9 Å². The first-order valence-electron chi connectivity index (χ1n) is 21.9. The van der Waals surface area contributed by atoms with Crippen molar-refractivity contribution in [1.82, 2.24) is 30.2 Å². The summed E-state index contributed by atoms with van der Waals surface area (Å²) in [6.45, 7) is 2.76. The van der Waals surface area contributed by atoms with Gasteiger partial charge in [-0.15, -0.1) is 0 Å². The number of nitrogens with one attached hydrogen (secondary N) is 2. The fourth-order valence-corrected chi connectivity index (χ4v) is 10.0. The fraction of sp³-hybridized carbons (Fsp3) is 0.692. The van der Waals surface area contributed by atoms with Crippen molar-refractivity contribution in [1.29, 1.82) is 0 Å². The molecule has 2 aromatic rings. The number of phosphoric acid groups is 3. The maximum atomic E-state index is 12.7.